The molecule has 0 spiro atoms. The summed E-state index contributed by atoms with van der Waals surface area (Å²) >= 11 is 0. The van der Waals surface area contributed by atoms with Crippen molar-refractivity contribution in [2.75, 3.05) is 49.8 Å². The predicted octanol–water partition coefficient (Wildman–Crippen LogP) is 2.85. The van der Waals surface area contributed by atoms with Crippen molar-refractivity contribution in [1.29, 1.82) is 0 Å². The van der Waals surface area contributed by atoms with E-state index < -0.39 is 0 Å². The molecule has 7 heteroatoms. The van der Waals surface area contributed by atoms with E-state index in [2.05, 4.69) is 33.8 Å². The summed E-state index contributed by atoms with van der Waals surface area (Å²) in [5.74, 6) is 2.96. The summed E-state index contributed by atoms with van der Waals surface area (Å²) in [4.78, 5) is 24.9. The van der Waals surface area contributed by atoms with E-state index in [1.165, 1.54) is 12.0 Å². The molecule has 0 amide bonds. The monoisotopic (exact) mass is 412 g/mol. The van der Waals surface area contributed by atoms with Gasteiger partial charge in [-0.25, -0.2) is 0 Å². The second kappa shape index (κ2) is 9.51. The van der Waals surface area contributed by atoms with E-state index in [1.54, 1.807) is 13.2 Å². The van der Waals surface area contributed by atoms with Crippen molar-refractivity contribution in [2.24, 2.45) is 5.92 Å². The van der Waals surface area contributed by atoms with Gasteiger partial charge in [0.05, 0.1) is 20.3 Å². The molecule has 1 aromatic heterocycles. The fraction of sp³-hybridized carbons (Fsp3) is 0.565. The van der Waals surface area contributed by atoms with Crippen molar-refractivity contribution < 1.29 is 9.47 Å². The van der Waals surface area contributed by atoms with Crippen LogP contribution in [0.15, 0.2) is 35.1 Å². The highest BCUT2D eigenvalue weighted by atomic mass is 16.5. The number of nitrogens with zero attached hydrogens (tertiary/aromatic N) is 3. The Labute approximate surface area is 178 Å². The Morgan fingerprint density at radius 2 is 2.03 bits per heavy atom. The maximum Gasteiger partial charge on any atom is 0.254 e. The smallest absolute Gasteiger partial charge is 0.254 e. The molecule has 2 aliphatic heterocycles. The van der Waals surface area contributed by atoms with Gasteiger partial charge in [0, 0.05) is 31.7 Å². The Kier molecular flexibility index (Phi) is 6.57. The summed E-state index contributed by atoms with van der Waals surface area (Å²) in [5, 5.41) is 0. The van der Waals surface area contributed by atoms with Crippen LogP contribution in [-0.4, -0.2) is 56.0 Å². The first kappa shape index (κ1) is 20.7. The highest BCUT2D eigenvalue weighted by Gasteiger charge is 2.28. The molecular weight excluding hydrogens is 380 g/mol. The van der Waals surface area contributed by atoms with E-state index >= 15 is 0 Å². The van der Waals surface area contributed by atoms with Crippen LogP contribution in [0.4, 0.5) is 11.8 Å². The lowest BCUT2D eigenvalue weighted by molar-refractivity contribution is 0.122. The van der Waals surface area contributed by atoms with E-state index in [0.29, 0.717) is 25.1 Å². The number of morpholine rings is 1. The maximum absolute atomic E-state index is 12.5. The number of nitrogens with one attached hydrogen (secondary N) is 1. The number of methoxy groups -OCH3 is 1. The Morgan fingerprint density at radius 1 is 1.23 bits per heavy atom. The molecule has 1 aromatic carbocycles. The van der Waals surface area contributed by atoms with Gasteiger partial charge in [-0.2, -0.15) is 4.98 Å². The van der Waals surface area contributed by atoms with Gasteiger partial charge in [0.25, 0.3) is 5.56 Å². The van der Waals surface area contributed by atoms with Crippen molar-refractivity contribution >= 4 is 11.8 Å². The number of H-pyrrole nitrogens is 1. The highest BCUT2D eigenvalue weighted by Crippen LogP contribution is 2.30. The quantitative estimate of drug-likeness (QED) is 0.814. The number of rotatable bonds is 5. The molecule has 0 radical (unpaired) electrons. The largest absolute Gasteiger partial charge is 0.496 e. The van der Waals surface area contributed by atoms with Gasteiger partial charge in [-0.1, -0.05) is 25.1 Å². The van der Waals surface area contributed by atoms with Crippen LogP contribution in [0.2, 0.25) is 0 Å². The number of aromatic amines is 1. The van der Waals surface area contributed by atoms with Crippen LogP contribution in [0.25, 0.3) is 0 Å². The molecular formula is C23H32N4O3. The Balaban J connectivity index is 1.65. The summed E-state index contributed by atoms with van der Waals surface area (Å²) in [5.41, 5.74) is 1.09. The van der Waals surface area contributed by atoms with Gasteiger partial charge in [0.1, 0.15) is 11.6 Å². The van der Waals surface area contributed by atoms with E-state index in [9.17, 15) is 4.79 Å². The van der Waals surface area contributed by atoms with Gasteiger partial charge in [-0.15, -0.1) is 0 Å². The summed E-state index contributed by atoms with van der Waals surface area (Å²) in [7, 11) is 1.72. The highest BCUT2D eigenvalue weighted by molar-refractivity contribution is 5.45. The molecule has 162 valence electrons. The third-order valence-corrected chi connectivity index (χ3v) is 6.18. The normalized spacial score (nSPS) is 22.6. The lowest BCUT2D eigenvalue weighted by Gasteiger charge is -2.33. The molecule has 0 bridgehead atoms. The number of benzene rings is 1. The Morgan fingerprint density at radius 3 is 2.83 bits per heavy atom. The maximum atomic E-state index is 12.5. The molecule has 7 nitrogen and oxygen atoms in total. The van der Waals surface area contributed by atoms with Crippen LogP contribution in [0.3, 0.4) is 0 Å². The minimum atomic E-state index is -0.102. The second-order valence-corrected chi connectivity index (χ2v) is 8.37. The first-order valence-electron chi connectivity index (χ1n) is 11.0. The molecule has 2 saturated heterocycles. The van der Waals surface area contributed by atoms with Gasteiger partial charge < -0.3 is 19.3 Å². The van der Waals surface area contributed by atoms with Crippen LogP contribution >= 0.6 is 0 Å². The van der Waals surface area contributed by atoms with Crippen LogP contribution in [0.1, 0.15) is 31.7 Å². The van der Waals surface area contributed by atoms with Crippen LogP contribution < -0.4 is 20.1 Å². The molecule has 2 aliphatic rings. The Hall–Kier alpha value is -2.54. The number of anilines is 2. The Bertz CT molecular complexity index is 894. The van der Waals surface area contributed by atoms with E-state index in [4.69, 9.17) is 14.5 Å². The SMILES string of the molecule is COc1ccccc1C[C@@H]1C[C@H](C)CCCN1c1nc(N2CCOCC2)cc(=O)[nH]1. The minimum Gasteiger partial charge on any atom is -0.496 e. The molecule has 2 fully saturated rings. The lowest BCUT2D eigenvalue weighted by Crippen LogP contribution is -2.41. The molecule has 0 aliphatic carbocycles. The number of hydrogen-bond donors (Lipinski definition) is 1. The minimum absolute atomic E-state index is 0.102. The summed E-state index contributed by atoms with van der Waals surface area (Å²) in [6.45, 7) is 6.07. The van der Waals surface area contributed by atoms with Gasteiger partial charge in [-0.3, -0.25) is 9.78 Å². The molecule has 3 heterocycles. The summed E-state index contributed by atoms with van der Waals surface area (Å²) in [6, 6.07) is 10.1. The van der Waals surface area contributed by atoms with Crippen molar-refractivity contribution in [3.63, 3.8) is 0 Å². The molecule has 4 rings (SSSR count). The van der Waals surface area contributed by atoms with E-state index in [-0.39, 0.29) is 11.6 Å². The first-order chi connectivity index (χ1) is 14.6. The number of ether oxygens (including phenoxy) is 2. The first-order valence-corrected chi connectivity index (χ1v) is 11.0. The number of para-hydroxylation sites is 1. The fourth-order valence-electron chi connectivity index (χ4n) is 4.62. The predicted molar refractivity (Wildman–Crippen MR) is 119 cm³/mol. The zero-order valence-corrected chi connectivity index (χ0v) is 18.0. The molecule has 2 aromatic rings. The second-order valence-electron chi connectivity index (χ2n) is 8.37. The third-order valence-electron chi connectivity index (χ3n) is 6.18. The molecule has 0 saturated carbocycles. The lowest BCUT2D eigenvalue weighted by atomic mass is 9.94. The molecule has 30 heavy (non-hydrogen) atoms. The van der Waals surface area contributed by atoms with Gasteiger partial charge >= 0.3 is 0 Å². The van der Waals surface area contributed by atoms with Gasteiger partial charge in [-0.05, 0) is 43.2 Å². The van der Waals surface area contributed by atoms with Crippen molar-refractivity contribution in [1.82, 2.24) is 9.97 Å². The summed E-state index contributed by atoms with van der Waals surface area (Å²) in [6.07, 6.45) is 4.20. The topological polar surface area (TPSA) is 70.7 Å². The zero-order valence-electron chi connectivity index (χ0n) is 18.0. The molecule has 2 atom stereocenters. The fourth-order valence-corrected chi connectivity index (χ4v) is 4.62. The van der Waals surface area contributed by atoms with Crippen LogP contribution in [-0.2, 0) is 11.2 Å². The van der Waals surface area contributed by atoms with Gasteiger partial charge in [0.15, 0.2) is 0 Å². The standard InChI is InChI=1S/C23H32N4O3/c1-17-6-5-9-27(19(14-17)15-18-7-3-4-8-20(18)29-2)23-24-21(16-22(28)25-23)26-10-12-30-13-11-26/h3-4,7-8,16-17,19H,5-6,9-15H2,1-2H3,(H,24,25,28)/t17-,19+/m1/s1. The van der Waals surface area contributed by atoms with Crippen molar-refractivity contribution in [3.05, 3.63) is 46.2 Å². The van der Waals surface area contributed by atoms with E-state index in [1.807, 2.05) is 12.1 Å². The van der Waals surface area contributed by atoms with Crippen LogP contribution in [0, 0.1) is 5.92 Å². The van der Waals surface area contributed by atoms with Crippen molar-refractivity contribution in [2.45, 2.75) is 38.6 Å². The van der Waals surface area contributed by atoms with Crippen molar-refractivity contribution in [3.8, 4) is 5.75 Å². The number of hydrogen-bond acceptors (Lipinski definition) is 6. The molecule has 0 unspecified atom stereocenters. The van der Waals surface area contributed by atoms with Gasteiger partial charge in [0.2, 0.25) is 5.95 Å². The summed E-state index contributed by atoms with van der Waals surface area (Å²) < 4.78 is 11.0. The molecule has 1 N–H and O–H groups in total. The van der Waals surface area contributed by atoms with E-state index in [0.717, 1.165) is 50.5 Å². The number of aromatic nitrogens is 2. The zero-order chi connectivity index (χ0) is 20.9. The average Bonchev–Trinajstić information content (AvgIpc) is 2.95. The third kappa shape index (κ3) is 4.78. The van der Waals surface area contributed by atoms with Crippen LogP contribution in [0.5, 0.6) is 5.75 Å². The average molecular weight is 413 g/mol.